The Morgan fingerprint density at radius 3 is 2.62 bits per heavy atom. The van der Waals surface area contributed by atoms with E-state index >= 15 is 0 Å². The van der Waals surface area contributed by atoms with Gasteiger partial charge in [-0.2, -0.15) is 0 Å². The molecule has 0 spiro atoms. The third-order valence-electron chi connectivity index (χ3n) is 2.75. The van der Waals surface area contributed by atoms with Crippen LogP contribution in [0.4, 0.5) is 0 Å². The summed E-state index contributed by atoms with van der Waals surface area (Å²) in [6, 6.07) is 4.87. The normalized spacial score (nSPS) is 12.7. The molecule has 0 aromatic carbocycles. The molecule has 0 saturated heterocycles. The van der Waals surface area contributed by atoms with Crippen LogP contribution in [-0.2, 0) is 6.42 Å². The summed E-state index contributed by atoms with van der Waals surface area (Å²) in [7, 11) is 0. The van der Waals surface area contributed by atoms with E-state index in [1.165, 1.54) is 30.5 Å². The molecular formula is C14H24N2. The van der Waals surface area contributed by atoms with Gasteiger partial charge < -0.3 is 5.32 Å². The fraction of sp³-hybridized carbons (Fsp3) is 0.643. The van der Waals surface area contributed by atoms with E-state index in [1.807, 2.05) is 6.20 Å². The van der Waals surface area contributed by atoms with E-state index in [4.69, 9.17) is 0 Å². The van der Waals surface area contributed by atoms with Gasteiger partial charge in [-0.05, 0) is 37.9 Å². The molecule has 1 heterocycles. The van der Waals surface area contributed by atoms with Crippen LogP contribution in [0.15, 0.2) is 18.3 Å². The number of pyridine rings is 1. The molecule has 1 N–H and O–H groups in total. The molecule has 0 aliphatic rings. The van der Waals surface area contributed by atoms with Crippen LogP contribution in [-0.4, -0.2) is 17.6 Å². The number of aromatic nitrogens is 1. The number of nitrogens with one attached hydrogen (secondary N) is 1. The maximum Gasteiger partial charge on any atom is 0.0419 e. The predicted octanol–water partition coefficient (Wildman–Crippen LogP) is 3.10. The largest absolute Gasteiger partial charge is 0.314 e. The average Bonchev–Trinajstić information content (AvgIpc) is 2.29. The third-order valence-corrected chi connectivity index (χ3v) is 2.75. The molecule has 1 aromatic heterocycles. The molecule has 1 atom stereocenters. The van der Waals surface area contributed by atoms with Crippen molar-refractivity contribution in [2.75, 3.05) is 6.54 Å². The van der Waals surface area contributed by atoms with Gasteiger partial charge in [0.05, 0.1) is 0 Å². The van der Waals surface area contributed by atoms with E-state index in [1.54, 1.807) is 0 Å². The standard InChI is InChI=1S/C14H24N2/c1-4-6-13(15-9-5-2)10-14-8-7-12(3)11-16-14/h7-8,11,13,15H,4-6,9-10H2,1-3H3. The highest BCUT2D eigenvalue weighted by Crippen LogP contribution is 2.06. The molecule has 0 saturated carbocycles. The van der Waals surface area contributed by atoms with Crippen LogP contribution in [0.3, 0.4) is 0 Å². The molecular weight excluding hydrogens is 196 g/mol. The molecule has 2 heteroatoms. The Labute approximate surface area is 99.5 Å². The van der Waals surface area contributed by atoms with Crippen LogP contribution in [0.25, 0.3) is 0 Å². The van der Waals surface area contributed by atoms with Gasteiger partial charge in [0.2, 0.25) is 0 Å². The molecule has 0 aliphatic carbocycles. The number of hydrogen-bond acceptors (Lipinski definition) is 2. The van der Waals surface area contributed by atoms with Crippen molar-refractivity contribution in [3.05, 3.63) is 29.6 Å². The first-order valence-corrected chi connectivity index (χ1v) is 6.41. The summed E-state index contributed by atoms with van der Waals surface area (Å²) in [6.45, 7) is 7.63. The van der Waals surface area contributed by atoms with Crippen molar-refractivity contribution in [3.8, 4) is 0 Å². The predicted molar refractivity (Wildman–Crippen MR) is 69.7 cm³/mol. The van der Waals surface area contributed by atoms with Gasteiger partial charge in [-0.1, -0.05) is 26.3 Å². The molecule has 0 amide bonds. The Hall–Kier alpha value is -0.890. The van der Waals surface area contributed by atoms with E-state index in [2.05, 4.69) is 43.2 Å². The summed E-state index contributed by atoms with van der Waals surface area (Å²) in [4.78, 5) is 4.47. The van der Waals surface area contributed by atoms with Gasteiger partial charge in [0.15, 0.2) is 0 Å². The SMILES string of the molecule is CCCNC(CCC)Cc1ccc(C)cn1. The first-order chi connectivity index (χ1) is 7.76. The van der Waals surface area contributed by atoms with E-state index in [-0.39, 0.29) is 0 Å². The first kappa shape index (κ1) is 13.2. The van der Waals surface area contributed by atoms with Gasteiger partial charge in [-0.25, -0.2) is 0 Å². The highest BCUT2D eigenvalue weighted by molar-refractivity contribution is 5.13. The van der Waals surface area contributed by atoms with E-state index in [9.17, 15) is 0 Å². The molecule has 0 bridgehead atoms. The Morgan fingerprint density at radius 2 is 2.06 bits per heavy atom. The molecule has 16 heavy (non-hydrogen) atoms. The summed E-state index contributed by atoms with van der Waals surface area (Å²) in [5.74, 6) is 0. The second-order valence-corrected chi connectivity index (χ2v) is 4.47. The van der Waals surface area contributed by atoms with Crippen LogP contribution >= 0.6 is 0 Å². The van der Waals surface area contributed by atoms with E-state index < -0.39 is 0 Å². The van der Waals surface area contributed by atoms with Crippen molar-refractivity contribution in [1.29, 1.82) is 0 Å². The summed E-state index contributed by atoms with van der Waals surface area (Å²) in [6.07, 6.45) is 6.66. The van der Waals surface area contributed by atoms with Crippen molar-refractivity contribution in [3.63, 3.8) is 0 Å². The van der Waals surface area contributed by atoms with E-state index in [0.717, 1.165) is 13.0 Å². The maximum absolute atomic E-state index is 4.47. The number of aryl methyl sites for hydroxylation is 1. The second kappa shape index (κ2) is 7.39. The van der Waals surface area contributed by atoms with Gasteiger partial charge in [0, 0.05) is 24.4 Å². The van der Waals surface area contributed by atoms with Gasteiger partial charge in [-0.3, -0.25) is 4.98 Å². The lowest BCUT2D eigenvalue weighted by Crippen LogP contribution is -2.31. The maximum atomic E-state index is 4.47. The van der Waals surface area contributed by atoms with Crippen LogP contribution in [0.2, 0.25) is 0 Å². The van der Waals surface area contributed by atoms with Gasteiger partial charge >= 0.3 is 0 Å². The van der Waals surface area contributed by atoms with Crippen molar-refractivity contribution < 1.29 is 0 Å². The van der Waals surface area contributed by atoms with Crippen molar-refractivity contribution in [1.82, 2.24) is 10.3 Å². The van der Waals surface area contributed by atoms with Crippen molar-refractivity contribution in [2.45, 2.75) is 52.5 Å². The van der Waals surface area contributed by atoms with Crippen LogP contribution < -0.4 is 5.32 Å². The zero-order valence-electron chi connectivity index (χ0n) is 10.8. The molecule has 1 aromatic rings. The minimum atomic E-state index is 0.583. The minimum absolute atomic E-state index is 0.583. The fourth-order valence-corrected chi connectivity index (χ4v) is 1.84. The monoisotopic (exact) mass is 220 g/mol. The molecule has 1 rings (SSSR count). The van der Waals surface area contributed by atoms with Gasteiger partial charge in [0.1, 0.15) is 0 Å². The van der Waals surface area contributed by atoms with Crippen LogP contribution in [0.5, 0.6) is 0 Å². The smallest absolute Gasteiger partial charge is 0.0419 e. The molecule has 0 aliphatic heterocycles. The molecule has 0 fully saturated rings. The topological polar surface area (TPSA) is 24.9 Å². The van der Waals surface area contributed by atoms with Crippen LogP contribution in [0, 0.1) is 6.92 Å². The summed E-state index contributed by atoms with van der Waals surface area (Å²) in [5, 5.41) is 3.59. The first-order valence-electron chi connectivity index (χ1n) is 6.41. The summed E-state index contributed by atoms with van der Waals surface area (Å²) < 4.78 is 0. The van der Waals surface area contributed by atoms with Crippen molar-refractivity contribution in [2.24, 2.45) is 0 Å². The Kier molecular flexibility index (Phi) is 6.09. The molecule has 90 valence electrons. The van der Waals surface area contributed by atoms with Crippen LogP contribution in [0.1, 0.15) is 44.4 Å². The molecule has 1 unspecified atom stereocenters. The zero-order valence-corrected chi connectivity index (χ0v) is 10.8. The van der Waals surface area contributed by atoms with E-state index in [0.29, 0.717) is 6.04 Å². The summed E-state index contributed by atoms with van der Waals surface area (Å²) >= 11 is 0. The average molecular weight is 220 g/mol. The Morgan fingerprint density at radius 1 is 1.25 bits per heavy atom. The highest BCUT2D eigenvalue weighted by atomic mass is 14.9. The number of nitrogens with zero attached hydrogens (tertiary/aromatic N) is 1. The summed E-state index contributed by atoms with van der Waals surface area (Å²) in [5.41, 5.74) is 2.44. The Bertz CT molecular complexity index is 279. The third kappa shape index (κ3) is 4.75. The van der Waals surface area contributed by atoms with Gasteiger partial charge in [0.25, 0.3) is 0 Å². The lowest BCUT2D eigenvalue weighted by molar-refractivity contribution is 0.469. The Balaban J connectivity index is 2.49. The lowest BCUT2D eigenvalue weighted by Gasteiger charge is -2.17. The highest BCUT2D eigenvalue weighted by Gasteiger charge is 2.08. The quantitative estimate of drug-likeness (QED) is 0.763. The lowest BCUT2D eigenvalue weighted by atomic mass is 10.1. The molecule has 0 radical (unpaired) electrons. The minimum Gasteiger partial charge on any atom is -0.314 e. The molecule has 2 nitrogen and oxygen atoms in total. The fourth-order valence-electron chi connectivity index (χ4n) is 1.84. The number of hydrogen-bond donors (Lipinski definition) is 1. The van der Waals surface area contributed by atoms with Gasteiger partial charge in [-0.15, -0.1) is 0 Å². The second-order valence-electron chi connectivity index (χ2n) is 4.47. The zero-order chi connectivity index (χ0) is 11.8. The number of rotatable bonds is 7. The van der Waals surface area contributed by atoms with Crippen molar-refractivity contribution >= 4 is 0 Å².